The van der Waals surface area contributed by atoms with Gasteiger partial charge in [0.1, 0.15) is 0 Å². The number of nitrogens with zero attached hydrogens (tertiary/aromatic N) is 1. The smallest absolute Gasteiger partial charge is 0.253 e. The van der Waals surface area contributed by atoms with Gasteiger partial charge < -0.3 is 11.1 Å². The number of halogens is 1. The van der Waals surface area contributed by atoms with Gasteiger partial charge in [-0.2, -0.15) is 0 Å². The van der Waals surface area contributed by atoms with E-state index in [-0.39, 0.29) is 5.91 Å². The van der Waals surface area contributed by atoms with Crippen molar-refractivity contribution < 1.29 is 4.79 Å². The molecular weight excluding hydrogens is 286 g/mol. The van der Waals surface area contributed by atoms with E-state index >= 15 is 0 Å². The molecule has 0 spiro atoms. The normalized spacial score (nSPS) is 10.3. The van der Waals surface area contributed by atoms with Crippen LogP contribution in [0.15, 0.2) is 42.6 Å². The van der Waals surface area contributed by atoms with Gasteiger partial charge in [-0.05, 0) is 49.6 Å². The molecule has 0 radical (unpaired) electrons. The molecule has 4 nitrogen and oxygen atoms in total. The first-order chi connectivity index (χ1) is 10.2. The summed E-state index contributed by atoms with van der Waals surface area (Å²) in [7, 11) is 0. The molecule has 1 amide bonds. The predicted octanol–water partition coefficient (Wildman–Crippen LogP) is 3.07. The Balaban J connectivity index is 1.72. The molecule has 2 rings (SSSR count). The van der Waals surface area contributed by atoms with Gasteiger partial charge in [0.05, 0.1) is 5.56 Å². The second kappa shape index (κ2) is 7.64. The minimum atomic E-state index is -0.165. The lowest BCUT2D eigenvalue weighted by Gasteiger charge is -2.07. The standard InChI is InChI=1S/C16H18ClN3O/c17-12-7-8-14(15(18)11-12)16(21)20-10-4-2-6-13-5-1-3-9-19-13/h1,3,5,7-9,11H,2,4,6,10,18H2,(H,20,21). The molecule has 0 unspecified atom stereocenters. The van der Waals surface area contributed by atoms with Crippen LogP contribution < -0.4 is 11.1 Å². The number of nitrogens with two attached hydrogens (primary N) is 1. The van der Waals surface area contributed by atoms with Crippen LogP contribution in [0.1, 0.15) is 28.9 Å². The van der Waals surface area contributed by atoms with Gasteiger partial charge in [-0.15, -0.1) is 0 Å². The number of carbonyl (C=O) groups is 1. The molecule has 0 saturated heterocycles. The minimum absolute atomic E-state index is 0.165. The molecule has 1 aromatic carbocycles. The zero-order valence-electron chi connectivity index (χ0n) is 11.7. The molecule has 2 aromatic rings. The molecule has 5 heteroatoms. The Kier molecular flexibility index (Phi) is 5.58. The Morgan fingerprint density at radius 1 is 1.24 bits per heavy atom. The third kappa shape index (κ3) is 4.76. The van der Waals surface area contributed by atoms with Crippen LogP contribution in [0.4, 0.5) is 5.69 Å². The summed E-state index contributed by atoms with van der Waals surface area (Å²) in [6.07, 6.45) is 4.59. The number of anilines is 1. The van der Waals surface area contributed by atoms with E-state index in [4.69, 9.17) is 17.3 Å². The molecular formula is C16H18ClN3O. The second-order valence-corrected chi connectivity index (χ2v) is 5.20. The summed E-state index contributed by atoms with van der Waals surface area (Å²) >= 11 is 5.81. The highest BCUT2D eigenvalue weighted by Crippen LogP contribution is 2.17. The molecule has 21 heavy (non-hydrogen) atoms. The van der Waals surface area contributed by atoms with E-state index < -0.39 is 0 Å². The van der Waals surface area contributed by atoms with E-state index in [1.165, 1.54) is 0 Å². The second-order valence-electron chi connectivity index (χ2n) is 4.77. The van der Waals surface area contributed by atoms with Gasteiger partial charge in [0.2, 0.25) is 0 Å². The summed E-state index contributed by atoms with van der Waals surface area (Å²) in [6.45, 7) is 0.619. The Hall–Kier alpha value is -2.07. The van der Waals surface area contributed by atoms with Crippen molar-refractivity contribution >= 4 is 23.2 Å². The monoisotopic (exact) mass is 303 g/mol. The number of rotatable bonds is 6. The van der Waals surface area contributed by atoms with E-state index in [0.29, 0.717) is 22.8 Å². The Labute approximate surface area is 129 Å². The van der Waals surface area contributed by atoms with Crippen LogP contribution in [0.2, 0.25) is 5.02 Å². The molecule has 0 fully saturated rings. The quantitative estimate of drug-likeness (QED) is 0.636. The number of nitrogens with one attached hydrogen (secondary N) is 1. The summed E-state index contributed by atoms with van der Waals surface area (Å²) in [5.74, 6) is -0.165. The Bertz CT molecular complexity index is 602. The molecule has 0 saturated carbocycles. The third-order valence-electron chi connectivity index (χ3n) is 3.13. The van der Waals surface area contributed by atoms with Gasteiger partial charge in [0, 0.05) is 29.1 Å². The molecule has 0 aliphatic rings. The fraction of sp³-hybridized carbons (Fsp3) is 0.250. The minimum Gasteiger partial charge on any atom is -0.398 e. The van der Waals surface area contributed by atoms with Crippen molar-refractivity contribution in [3.05, 3.63) is 58.9 Å². The molecule has 110 valence electrons. The van der Waals surface area contributed by atoms with Crippen LogP contribution in [0.3, 0.4) is 0 Å². The first kappa shape index (κ1) is 15.3. The number of aryl methyl sites for hydroxylation is 1. The largest absolute Gasteiger partial charge is 0.398 e. The number of unbranched alkanes of at least 4 members (excludes halogenated alkanes) is 1. The summed E-state index contributed by atoms with van der Waals surface area (Å²) < 4.78 is 0. The molecule has 0 atom stereocenters. The van der Waals surface area contributed by atoms with Crippen molar-refractivity contribution in [1.82, 2.24) is 10.3 Å². The highest BCUT2D eigenvalue weighted by atomic mass is 35.5. The van der Waals surface area contributed by atoms with Gasteiger partial charge in [0.25, 0.3) is 5.91 Å². The van der Waals surface area contributed by atoms with Crippen LogP contribution in [0, 0.1) is 0 Å². The molecule has 3 N–H and O–H groups in total. The SMILES string of the molecule is Nc1cc(Cl)ccc1C(=O)NCCCCc1ccccn1. The lowest BCUT2D eigenvalue weighted by Crippen LogP contribution is -2.25. The number of nitrogen functional groups attached to an aromatic ring is 1. The average Bonchev–Trinajstić information content (AvgIpc) is 2.47. The number of hydrogen-bond acceptors (Lipinski definition) is 3. The van der Waals surface area contributed by atoms with Gasteiger partial charge in [-0.25, -0.2) is 0 Å². The van der Waals surface area contributed by atoms with Gasteiger partial charge >= 0.3 is 0 Å². The molecule has 1 aromatic heterocycles. The number of aromatic nitrogens is 1. The number of amides is 1. The Morgan fingerprint density at radius 2 is 2.10 bits per heavy atom. The van der Waals surface area contributed by atoms with Crippen LogP contribution in [-0.4, -0.2) is 17.4 Å². The number of benzene rings is 1. The molecule has 0 aliphatic heterocycles. The Morgan fingerprint density at radius 3 is 2.81 bits per heavy atom. The van der Waals surface area contributed by atoms with E-state index in [1.54, 1.807) is 24.4 Å². The maximum absolute atomic E-state index is 12.0. The lowest BCUT2D eigenvalue weighted by molar-refractivity contribution is 0.0954. The summed E-state index contributed by atoms with van der Waals surface area (Å²) in [5, 5.41) is 3.39. The molecule has 0 aliphatic carbocycles. The van der Waals surface area contributed by atoms with Crippen molar-refractivity contribution in [2.75, 3.05) is 12.3 Å². The van der Waals surface area contributed by atoms with Gasteiger partial charge in [-0.3, -0.25) is 9.78 Å². The fourth-order valence-corrected chi connectivity index (χ4v) is 2.20. The summed E-state index contributed by atoms with van der Waals surface area (Å²) in [6, 6.07) is 10.8. The highest BCUT2D eigenvalue weighted by Gasteiger charge is 2.08. The van der Waals surface area contributed by atoms with E-state index in [2.05, 4.69) is 10.3 Å². The van der Waals surface area contributed by atoms with E-state index in [0.717, 1.165) is 25.0 Å². The first-order valence-electron chi connectivity index (χ1n) is 6.90. The molecule has 0 bridgehead atoms. The summed E-state index contributed by atoms with van der Waals surface area (Å²) in [4.78, 5) is 16.2. The average molecular weight is 304 g/mol. The zero-order chi connectivity index (χ0) is 15.1. The maximum atomic E-state index is 12.0. The van der Waals surface area contributed by atoms with Gasteiger partial charge in [0.15, 0.2) is 0 Å². The van der Waals surface area contributed by atoms with Gasteiger partial charge in [-0.1, -0.05) is 17.7 Å². The lowest BCUT2D eigenvalue weighted by atomic mass is 10.1. The topological polar surface area (TPSA) is 68.0 Å². The van der Waals surface area contributed by atoms with Crippen LogP contribution in [-0.2, 0) is 6.42 Å². The van der Waals surface area contributed by atoms with Crippen LogP contribution in [0.25, 0.3) is 0 Å². The van der Waals surface area contributed by atoms with Crippen molar-refractivity contribution in [3.63, 3.8) is 0 Å². The fourth-order valence-electron chi connectivity index (χ4n) is 2.01. The predicted molar refractivity (Wildman–Crippen MR) is 85.4 cm³/mol. The van der Waals surface area contributed by atoms with Crippen LogP contribution >= 0.6 is 11.6 Å². The zero-order valence-corrected chi connectivity index (χ0v) is 12.4. The van der Waals surface area contributed by atoms with Crippen molar-refractivity contribution in [1.29, 1.82) is 0 Å². The van der Waals surface area contributed by atoms with Crippen molar-refractivity contribution in [3.8, 4) is 0 Å². The van der Waals surface area contributed by atoms with E-state index in [1.807, 2.05) is 18.2 Å². The highest BCUT2D eigenvalue weighted by molar-refractivity contribution is 6.31. The maximum Gasteiger partial charge on any atom is 0.253 e. The van der Waals surface area contributed by atoms with Crippen molar-refractivity contribution in [2.24, 2.45) is 0 Å². The third-order valence-corrected chi connectivity index (χ3v) is 3.36. The number of carbonyl (C=O) groups excluding carboxylic acids is 1. The summed E-state index contributed by atoms with van der Waals surface area (Å²) in [5.41, 5.74) is 7.71. The number of hydrogen-bond donors (Lipinski definition) is 2. The van der Waals surface area contributed by atoms with Crippen LogP contribution in [0.5, 0.6) is 0 Å². The van der Waals surface area contributed by atoms with Crippen molar-refractivity contribution in [2.45, 2.75) is 19.3 Å². The van der Waals surface area contributed by atoms with E-state index in [9.17, 15) is 4.79 Å². The first-order valence-corrected chi connectivity index (χ1v) is 7.28. The number of pyridine rings is 1. The molecule has 1 heterocycles.